The van der Waals surface area contributed by atoms with E-state index in [0.29, 0.717) is 16.5 Å². The summed E-state index contributed by atoms with van der Waals surface area (Å²) in [4.78, 5) is 23.9. The number of carbonyl (C=O) groups is 2. The summed E-state index contributed by atoms with van der Waals surface area (Å²) in [6.07, 6.45) is 0.164. The summed E-state index contributed by atoms with van der Waals surface area (Å²) >= 11 is 5.84. The van der Waals surface area contributed by atoms with Gasteiger partial charge >= 0.3 is 5.97 Å². The predicted molar refractivity (Wildman–Crippen MR) is 101 cm³/mol. The SMILES string of the molecule is CC(Oc1cccc(Cl)c1)C(=O)OCC(=O)Nc1ccc(S(C)(=O)=O)cc1. The number of carbonyl (C=O) groups excluding carboxylic acids is 2. The second-order valence-electron chi connectivity index (χ2n) is 5.67. The van der Waals surface area contributed by atoms with Crippen LogP contribution in [0.3, 0.4) is 0 Å². The molecule has 7 nitrogen and oxygen atoms in total. The second kappa shape index (κ2) is 8.88. The van der Waals surface area contributed by atoms with Gasteiger partial charge in [0.05, 0.1) is 4.90 Å². The van der Waals surface area contributed by atoms with Crippen LogP contribution in [0.5, 0.6) is 5.75 Å². The smallest absolute Gasteiger partial charge is 0.347 e. The van der Waals surface area contributed by atoms with E-state index in [-0.39, 0.29) is 4.90 Å². The van der Waals surface area contributed by atoms with Crippen molar-refractivity contribution in [3.8, 4) is 5.75 Å². The summed E-state index contributed by atoms with van der Waals surface area (Å²) in [5.74, 6) is -0.870. The summed E-state index contributed by atoms with van der Waals surface area (Å²) in [5.41, 5.74) is 0.381. The first-order chi connectivity index (χ1) is 12.6. The fourth-order valence-electron chi connectivity index (χ4n) is 2.03. The highest BCUT2D eigenvalue weighted by molar-refractivity contribution is 7.90. The zero-order chi connectivity index (χ0) is 20.0. The van der Waals surface area contributed by atoms with E-state index in [2.05, 4.69) is 5.32 Å². The van der Waals surface area contributed by atoms with Gasteiger partial charge in [-0.15, -0.1) is 0 Å². The monoisotopic (exact) mass is 411 g/mol. The van der Waals surface area contributed by atoms with Crippen molar-refractivity contribution in [1.82, 2.24) is 0 Å². The Morgan fingerprint density at radius 3 is 2.41 bits per heavy atom. The molecule has 0 radical (unpaired) electrons. The predicted octanol–water partition coefficient (Wildman–Crippen LogP) is 2.69. The number of esters is 1. The number of benzene rings is 2. The molecule has 0 aliphatic heterocycles. The third-order valence-corrected chi connectivity index (χ3v) is 4.72. The van der Waals surface area contributed by atoms with E-state index in [1.54, 1.807) is 24.3 Å². The van der Waals surface area contributed by atoms with Gasteiger partial charge in [0.2, 0.25) is 0 Å². The van der Waals surface area contributed by atoms with Crippen molar-refractivity contribution in [2.24, 2.45) is 0 Å². The van der Waals surface area contributed by atoms with Gasteiger partial charge in [-0.25, -0.2) is 13.2 Å². The van der Waals surface area contributed by atoms with Crippen LogP contribution in [0.15, 0.2) is 53.4 Å². The van der Waals surface area contributed by atoms with E-state index < -0.39 is 34.4 Å². The molecule has 1 atom stereocenters. The fraction of sp³-hybridized carbons (Fsp3) is 0.222. The number of hydrogen-bond acceptors (Lipinski definition) is 6. The van der Waals surface area contributed by atoms with Gasteiger partial charge in [-0.1, -0.05) is 17.7 Å². The molecule has 0 heterocycles. The van der Waals surface area contributed by atoms with Gasteiger partial charge in [0, 0.05) is 17.0 Å². The quantitative estimate of drug-likeness (QED) is 0.703. The highest BCUT2D eigenvalue weighted by atomic mass is 35.5. The molecule has 0 spiro atoms. The van der Waals surface area contributed by atoms with Crippen LogP contribution >= 0.6 is 11.6 Å². The topological polar surface area (TPSA) is 98.8 Å². The van der Waals surface area contributed by atoms with Crippen molar-refractivity contribution in [1.29, 1.82) is 0 Å². The van der Waals surface area contributed by atoms with Gasteiger partial charge in [0.25, 0.3) is 5.91 Å². The summed E-state index contributed by atoms with van der Waals surface area (Å²) in [6, 6.07) is 12.2. The first kappa shape index (κ1) is 20.7. The largest absolute Gasteiger partial charge is 0.479 e. The van der Waals surface area contributed by atoms with Crippen LogP contribution in [0.25, 0.3) is 0 Å². The average Bonchev–Trinajstić information content (AvgIpc) is 2.59. The first-order valence-corrected chi connectivity index (χ1v) is 10.1. The van der Waals surface area contributed by atoms with E-state index in [0.717, 1.165) is 6.26 Å². The summed E-state index contributed by atoms with van der Waals surface area (Å²) in [7, 11) is -3.31. The molecule has 144 valence electrons. The highest BCUT2D eigenvalue weighted by Gasteiger charge is 2.18. The number of amides is 1. The van der Waals surface area contributed by atoms with Crippen molar-refractivity contribution in [2.75, 3.05) is 18.2 Å². The van der Waals surface area contributed by atoms with Crippen molar-refractivity contribution in [3.05, 3.63) is 53.6 Å². The Labute approximate surface area is 162 Å². The maximum absolute atomic E-state index is 11.9. The fourth-order valence-corrected chi connectivity index (χ4v) is 2.84. The van der Waals surface area contributed by atoms with Crippen LogP contribution in [-0.2, 0) is 24.2 Å². The normalized spacial score (nSPS) is 12.1. The Hall–Kier alpha value is -2.58. The molecule has 9 heteroatoms. The number of rotatable bonds is 7. The number of sulfone groups is 1. The lowest BCUT2D eigenvalue weighted by Gasteiger charge is -2.14. The van der Waals surface area contributed by atoms with E-state index in [4.69, 9.17) is 21.1 Å². The van der Waals surface area contributed by atoms with Gasteiger partial charge in [-0.2, -0.15) is 0 Å². The molecule has 0 fully saturated rings. The van der Waals surface area contributed by atoms with Gasteiger partial charge in [-0.3, -0.25) is 4.79 Å². The molecule has 0 aliphatic carbocycles. The molecule has 0 saturated carbocycles. The first-order valence-electron chi connectivity index (χ1n) is 7.84. The lowest BCUT2D eigenvalue weighted by molar-refractivity contribution is -0.153. The molecular weight excluding hydrogens is 394 g/mol. The lowest BCUT2D eigenvalue weighted by Crippen LogP contribution is -2.29. The van der Waals surface area contributed by atoms with Crippen LogP contribution in [0.2, 0.25) is 5.02 Å². The molecule has 0 saturated heterocycles. The zero-order valence-electron chi connectivity index (χ0n) is 14.6. The standard InChI is InChI=1S/C18H18ClNO6S/c1-12(26-15-5-3-4-13(19)10-15)18(22)25-11-17(21)20-14-6-8-16(9-7-14)27(2,23)24/h3-10,12H,11H2,1-2H3,(H,20,21). The Balaban J connectivity index is 1.83. The molecular formula is C18H18ClNO6S. The molecule has 1 unspecified atom stereocenters. The van der Waals surface area contributed by atoms with Crippen LogP contribution in [0.4, 0.5) is 5.69 Å². The summed E-state index contributed by atoms with van der Waals surface area (Å²) in [6.45, 7) is 0.987. The molecule has 0 aromatic heterocycles. The number of nitrogens with one attached hydrogen (secondary N) is 1. The minimum absolute atomic E-state index is 0.138. The molecule has 27 heavy (non-hydrogen) atoms. The Kier molecular flexibility index (Phi) is 6.81. The van der Waals surface area contributed by atoms with Crippen molar-refractivity contribution >= 4 is 39.0 Å². The van der Waals surface area contributed by atoms with E-state index in [9.17, 15) is 18.0 Å². The number of halogens is 1. The number of ether oxygens (including phenoxy) is 2. The molecule has 2 aromatic rings. The van der Waals surface area contributed by atoms with Crippen molar-refractivity contribution < 1.29 is 27.5 Å². The average molecular weight is 412 g/mol. The summed E-state index contributed by atoms with van der Waals surface area (Å²) < 4.78 is 33.1. The van der Waals surface area contributed by atoms with E-state index in [1.165, 1.54) is 31.2 Å². The third kappa shape index (κ3) is 6.58. The van der Waals surface area contributed by atoms with Crippen LogP contribution in [0, 0.1) is 0 Å². The Bertz CT molecular complexity index is 927. The molecule has 1 amide bonds. The maximum atomic E-state index is 11.9. The van der Waals surface area contributed by atoms with Crippen LogP contribution in [-0.4, -0.2) is 39.3 Å². The molecule has 2 rings (SSSR count). The third-order valence-electron chi connectivity index (χ3n) is 3.35. The van der Waals surface area contributed by atoms with Gasteiger partial charge < -0.3 is 14.8 Å². The number of hydrogen-bond donors (Lipinski definition) is 1. The van der Waals surface area contributed by atoms with E-state index >= 15 is 0 Å². The molecule has 1 N–H and O–H groups in total. The molecule has 0 aliphatic rings. The van der Waals surface area contributed by atoms with Crippen LogP contribution < -0.4 is 10.1 Å². The van der Waals surface area contributed by atoms with Crippen molar-refractivity contribution in [2.45, 2.75) is 17.9 Å². The summed E-state index contributed by atoms with van der Waals surface area (Å²) in [5, 5.41) is 2.97. The van der Waals surface area contributed by atoms with Gasteiger partial charge in [0.1, 0.15) is 5.75 Å². The van der Waals surface area contributed by atoms with Gasteiger partial charge in [0.15, 0.2) is 22.5 Å². The Morgan fingerprint density at radius 2 is 1.81 bits per heavy atom. The molecule has 0 bridgehead atoms. The van der Waals surface area contributed by atoms with Gasteiger partial charge in [-0.05, 0) is 49.4 Å². The highest BCUT2D eigenvalue weighted by Crippen LogP contribution is 2.18. The Morgan fingerprint density at radius 1 is 1.15 bits per heavy atom. The lowest BCUT2D eigenvalue weighted by atomic mass is 10.3. The van der Waals surface area contributed by atoms with Crippen molar-refractivity contribution in [3.63, 3.8) is 0 Å². The minimum Gasteiger partial charge on any atom is -0.479 e. The second-order valence-corrected chi connectivity index (χ2v) is 8.12. The molecule has 2 aromatic carbocycles. The maximum Gasteiger partial charge on any atom is 0.347 e. The van der Waals surface area contributed by atoms with Crippen LogP contribution in [0.1, 0.15) is 6.92 Å². The zero-order valence-corrected chi connectivity index (χ0v) is 16.2. The minimum atomic E-state index is -3.31. The number of anilines is 1. The van der Waals surface area contributed by atoms with E-state index in [1.807, 2.05) is 0 Å².